The van der Waals surface area contributed by atoms with Crippen LogP contribution >= 0.6 is 12.2 Å². The van der Waals surface area contributed by atoms with E-state index in [-0.39, 0.29) is 29.0 Å². The molecule has 0 saturated heterocycles. The highest BCUT2D eigenvalue weighted by molar-refractivity contribution is 7.71. The van der Waals surface area contributed by atoms with Crippen molar-refractivity contribution in [1.82, 2.24) is 9.97 Å². The van der Waals surface area contributed by atoms with E-state index in [1.807, 2.05) is 0 Å². The van der Waals surface area contributed by atoms with Gasteiger partial charge in [0, 0.05) is 6.42 Å². The second-order valence-corrected chi connectivity index (χ2v) is 3.10. The van der Waals surface area contributed by atoms with Crippen molar-refractivity contribution in [3.8, 4) is 0 Å². The maximum absolute atomic E-state index is 11.3. The van der Waals surface area contributed by atoms with Gasteiger partial charge in [-0.15, -0.1) is 0 Å². The van der Waals surface area contributed by atoms with Crippen molar-refractivity contribution in [3.05, 3.63) is 20.7 Å². The molecule has 0 fully saturated rings. The number of anilines is 1. The molecule has 1 aromatic rings. The molecular weight excluding hydrogens is 206 g/mol. The number of nitrogen functional groups attached to an aromatic ring is 1. The number of carboxylic acid groups (broad SMARTS) is 1. The van der Waals surface area contributed by atoms with Crippen LogP contribution in [-0.2, 0) is 11.2 Å². The standard InChI is InChI=1S/C7H9N3O3S/c8-5-3(1-2-4(11)12)6(13)10-7(14)9-5/h1-2H2,(H,11,12)(H4,8,9,10,13,14). The van der Waals surface area contributed by atoms with Crippen molar-refractivity contribution >= 4 is 24.0 Å². The number of aromatic nitrogens is 2. The van der Waals surface area contributed by atoms with Crippen molar-refractivity contribution in [2.24, 2.45) is 0 Å². The van der Waals surface area contributed by atoms with E-state index in [4.69, 9.17) is 10.8 Å². The molecule has 14 heavy (non-hydrogen) atoms. The summed E-state index contributed by atoms with van der Waals surface area (Å²) in [6, 6.07) is 0. The van der Waals surface area contributed by atoms with Crippen LogP contribution in [0.15, 0.2) is 4.79 Å². The van der Waals surface area contributed by atoms with Gasteiger partial charge in [-0.25, -0.2) is 0 Å². The number of hydrogen-bond donors (Lipinski definition) is 4. The fourth-order valence-electron chi connectivity index (χ4n) is 1.01. The Hall–Kier alpha value is -1.63. The number of hydrogen-bond acceptors (Lipinski definition) is 4. The molecule has 1 aromatic heterocycles. The lowest BCUT2D eigenvalue weighted by atomic mass is 10.2. The van der Waals surface area contributed by atoms with Crippen molar-refractivity contribution in [2.45, 2.75) is 12.8 Å². The molecule has 0 aromatic carbocycles. The van der Waals surface area contributed by atoms with E-state index in [0.717, 1.165) is 0 Å². The monoisotopic (exact) mass is 215 g/mol. The molecule has 1 rings (SSSR count). The number of carboxylic acids is 1. The zero-order valence-electron chi connectivity index (χ0n) is 7.16. The lowest BCUT2D eigenvalue weighted by Crippen LogP contribution is -2.18. The molecular formula is C7H9N3O3S. The zero-order chi connectivity index (χ0) is 10.7. The van der Waals surface area contributed by atoms with Gasteiger partial charge >= 0.3 is 5.97 Å². The van der Waals surface area contributed by atoms with Gasteiger partial charge in [0.2, 0.25) is 0 Å². The minimum Gasteiger partial charge on any atom is -0.481 e. The molecule has 0 atom stereocenters. The second-order valence-electron chi connectivity index (χ2n) is 2.69. The molecule has 0 unspecified atom stereocenters. The molecule has 0 spiro atoms. The maximum atomic E-state index is 11.3. The van der Waals surface area contributed by atoms with Crippen LogP contribution in [0.3, 0.4) is 0 Å². The SMILES string of the molecule is Nc1[nH]c(=S)[nH]c(=O)c1CCC(=O)O. The quantitative estimate of drug-likeness (QED) is 0.531. The minimum absolute atomic E-state index is 0.0859. The van der Waals surface area contributed by atoms with Crippen LogP contribution in [0.1, 0.15) is 12.0 Å². The number of H-pyrrole nitrogens is 2. The first-order chi connectivity index (χ1) is 6.50. The van der Waals surface area contributed by atoms with Crippen LogP contribution in [-0.4, -0.2) is 21.0 Å². The Kier molecular flexibility index (Phi) is 3.03. The summed E-state index contributed by atoms with van der Waals surface area (Å²) in [5.74, 6) is -0.855. The molecule has 76 valence electrons. The predicted octanol–water partition coefficient (Wildman–Crippen LogP) is 0.0319. The second kappa shape index (κ2) is 4.05. The molecule has 6 nitrogen and oxygen atoms in total. The molecule has 0 aliphatic heterocycles. The fourth-order valence-corrected chi connectivity index (χ4v) is 1.21. The third-order valence-corrected chi connectivity index (χ3v) is 1.87. The molecule has 7 heteroatoms. The Bertz CT molecular complexity index is 462. The van der Waals surface area contributed by atoms with E-state index >= 15 is 0 Å². The minimum atomic E-state index is -0.980. The summed E-state index contributed by atoms with van der Waals surface area (Å²) in [4.78, 5) is 26.4. The lowest BCUT2D eigenvalue weighted by Gasteiger charge is -2.01. The average Bonchev–Trinajstić information content (AvgIpc) is 2.01. The van der Waals surface area contributed by atoms with E-state index in [2.05, 4.69) is 22.2 Å². The third-order valence-electron chi connectivity index (χ3n) is 1.66. The van der Waals surface area contributed by atoms with Gasteiger partial charge in [0.1, 0.15) is 5.82 Å². The smallest absolute Gasteiger partial charge is 0.303 e. The zero-order valence-corrected chi connectivity index (χ0v) is 7.98. The number of aromatic amines is 2. The number of nitrogens with two attached hydrogens (primary N) is 1. The van der Waals surface area contributed by atoms with Gasteiger partial charge in [-0.2, -0.15) is 0 Å². The largest absolute Gasteiger partial charge is 0.481 e. The third kappa shape index (κ3) is 2.43. The Labute approximate surface area is 83.8 Å². The van der Waals surface area contributed by atoms with Crippen molar-refractivity contribution in [1.29, 1.82) is 0 Å². The van der Waals surface area contributed by atoms with E-state index < -0.39 is 11.5 Å². The number of carbonyl (C=O) groups is 1. The van der Waals surface area contributed by atoms with E-state index in [1.165, 1.54) is 0 Å². The number of rotatable bonds is 3. The van der Waals surface area contributed by atoms with Gasteiger partial charge < -0.3 is 15.8 Å². The number of nitrogens with one attached hydrogen (secondary N) is 2. The van der Waals surface area contributed by atoms with Gasteiger partial charge in [0.15, 0.2) is 4.77 Å². The van der Waals surface area contributed by atoms with Crippen molar-refractivity contribution < 1.29 is 9.90 Å². The predicted molar refractivity (Wildman–Crippen MR) is 52.6 cm³/mol. The van der Waals surface area contributed by atoms with Crippen LogP contribution in [0, 0.1) is 4.77 Å². The lowest BCUT2D eigenvalue weighted by molar-refractivity contribution is -0.136. The Morgan fingerprint density at radius 2 is 2.14 bits per heavy atom. The molecule has 0 saturated carbocycles. The topological polar surface area (TPSA) is 112 Å². The normalized spacial score (nSPS) is 10.0. The highest BCUT2D eigenvalue weighted by atomic mass is 32.1. The fraction of sp³-hybridized carbons (Fsp3) is 0.286. The average molecular weight is 215 g/mol. The van der Waals surface area contributed by atoms with Gasteiger partial charge in [0.05, 0.1) is 5.56 Å². The highest BCUT2D eigenvalue weighted by Crippen LogP contribution is 2.03. The van der Waals surface area contributed by atoms with Crippen LogP contribution in [0.2, 0.25) is 0 Å². The van der Waals surface area contributed by atoms with Crippen LogP contribution in [0.25, 0.3) is 0 Å². The molecule has 5 N–H and O–H groups in total. The molecule has 0 radical (unpaired) electrons. The van der Waals surface area contributed by atoms with Crippen LogP contribution in [0.5, 0.6) is 0 Å². The first kappa shape index (κ1) is 10.5. The summed E-state index contributed by atoms with van der Waals surface area (Å²) in [6.45, 7) is 0. The Morgan fingerprint density at radius 3 is 2.64 bits per heavy atom. The van der Waals surface area contributed by atoms with Crippen LogP contribution < -0.4 is 11.3 Å². The summed E-state index contributed by atoms with van der Waals surface area (Å²) in [6.07, 6.45) is -0.0551. The first-order valence-electron chi connectivity index (χ1n) is 3.83. The van der Waals surface area contributed by atoms with Crippen molar-refractivity contribution in [2.75, 3.05) is 5.73 Å². The summed E-state index contributed by atoms with van der Waals surface area (Å²) in [7, 11) is 0. The number of aliphatic carboxylic acids is 1. The van der Waals surface area contributed by atoms with Crippen molar-refractivity contribution in [3.63, 3.8) is 0 Å². The van der Waals surface area contributed by atoms with Gasteiger partial charge in [-0.05, 0) is 18.6 Å². The molecule has 1 heterocycles. The van der Waals surface area contributed by atoms with Gasteiger partial charge in [-0.1, -0.05) is 0 Å². The summed E-state index contributed by atoms with van der Waals surface area (Å²) < 4.78 is 0.131. The van der Waals surface area contributed by atoms with Gasteiger partial charge in [-0.3, -0.25) is 14.6 Å². The summed E-state index contributed by atoms with van der Waals surface area (Å²) in [5.41, 5.74) is 5.26. The maximum Gasteiger partial charge on any atom is 0.303 e. The van der Waals surface area contributed by atoms with E-state index in [0.29, 0.717) is 0 Å². The summed E-state index contributed by atoms with van der Waals surface area (Å²) in [5, 5.41) is 8.43. The highest BCUT2D eigenvalue weighted by Gasteiger charge is 2.07. The Morgan fingerprint density at radius 1 is 1.50 bits per heavy atom. The van der Waals surface area contributed by atoms with Gasteiger partial charge in [0.25, 0.3) is 5.56 Å². The first-order valence-corrected chi connectivity index (χ1v) is 4.24. The summed E-state index contributed by atoms with van der Waals surface area (Å²) >= 11 is 4.67. The van der Waals surface area contributed by atoms with E-state index in [1.54, 1.807) is 0 Å². The molecule has 0 aliphatic rings. The molecule has 0 bridgehead atoms. The molecule has 0 aliphatic carbocycles. The van der Waals surface area contributed by atoms with Crippen LogP contribution in [0.4, 0.5) is 5.82 Å². The van der Waals surface area contributed by atoms with E-state index in [9.17, 15) is 9.59 Å². The molecule has 0 amide bonds. The Balaban J connectivity index is 3.03.